The standard InChI is InChI=1S/C16H15FN2S/c1-10(18-2)15-9-19-16(20-15)13-7-8-14(17)12-6-4-3-5-11(12)13/h3-10,18H,1-2H3. The lowest BCUT2D eigenvalue weighted by molar-refractivity contribution is 0.640. The number of benzene rings is 2. The molecular formula is C16H15FN2S. The number of thiazole rings is 1. The molecule has 0 fully saturated rings. The summed E-state index contributed by atoms with van der Waals surface area (Å²) in [6.45, 7) is 2.10. The number of hydrogen-bond acceptors (Lipinski definition) is 3. The largest absolute Gasteiger partial charge is 0.312 e. The third kappa shape index (κ3) is 2.21. The number of nitrogens with one attached hydrogen (secondary N) is 1. The molecule has 1 heterocycles. The fourth-order valence-corrected chi connectivity index (χ4v) is 3.22. The molecule has 0 saturated carbocycles. The Morgan fingerprint density at radius 2 is 1.90 bits per heavy atom. The summed E-state index contributed by atoms with van der Waals surface area (Å²) in [6, 6.07) is 11.1. The zero-order valence-corrected chi connectivity index (χ0v) is 12.2. The van der Waals surface area contributed by atoms with Crippen LogP contribution in [0.3, 0.4) is 0 Å². The fourth-order valence-electron chi connectivity index (χ4n) is 2.20. The summed E-state index contributed by atoms with van der Waals surface area (Å²) in [5.74, 6) is -0.190. The summed E-state index contributed by atoms with van der Waals surface area (Å²) >= 11 is 1.64. The van der Waals surface area contributed by atoms with Gasteiger partial charge in [0.25, 0.3) is 0 Å². The predicted molar refractivity (Wildman–Crippen MR) is 82.5 cm³/mol. The quantitative estimate of drug-likeness (QED) is 0.772. The Balaban J connectivity index is 2.15. The van der Waals surface area contributed by atoms with Gasteiger partial charge in [-0.15, -0.1) is 11.3 Å². The molecule has 1 N–H and O–H groups in total. The average molecular weight is 286 g/mol. The first-order valence-corrected chi connectivity index (χ1v) is 7.33. The van der Waals surface area contributed by atoms with Crippen LogP contribution < -0.4 is 5.32 Å². The highest BCUT2D eigenvalue weighted by molar-refractivity contribution is 7.15. The van der Waals surface area contributed by atoms with Crippen molar-refractivity contribution >= 4 is 22.1 Å². The fraction of sp³-hybridized carbons (Fsp3) is 0.188. The van der Waals surface area contributed by atoms with Crippen LogP contribution in [0.25, 0.3) is 21.3 Å². The third-order valence-corrected chi connectivity index (χ3v) is 4.70. The van der Waals surface area contributed by atoms with Gasteiger partial charge in [-0.05, 0) is 31.5 Å². The van der Waals surface area contributed by atoms with Crippen LogP contribution in [-0.2, 0) is 0 Å². The van der Waals surface area contributed by atoms with Gasteiger partial charge in [-0.1, -0.05) is 24.3 Å². The van der Waals surface area contributed by atoms with E-state index in [1.807, 2.05) is 37.5 Å². The van der Waals surface area contributed by atoms with Crippen molar-refractivity contribution in [3.05, 3.63) is 53.3 Å². The van der Waals surface area contributed by atoms with Crippen LogP contribution in [0.1, 0.15) is 17.8 Å². The molecule has 1 aromatic heterocycles. The number of rotatable bonds is 3. The molecule has 0 spiro atoms. The number of halogens is 1. The van der Waals surface area contributed by atoms with Crippen LogP contribution in [0.5, 0.6) is 0 Å². The minimum atomic E-state index is -0.190. The number of fused-ring (bicyclic) bond motifs is 1. The molecule has 0 amide bonds. The molecule has 0 aliphatic carbocycles. The van der Waals surface area contributed by atoms with Gasteiger partial charge in [0, 0.05) is 28.1 Å². The molecule has 3 aromatic rings. The van der Waals surface area contributed by atoms with Crippen LogP contribution in [0.4, 0.5) is 4.39 Å². The maximum Gasteiger partial charge on any atom is 0.131 e. The molecule has 2 nitrogen and oxygen atoms in total. The van der Waals surface area contributed by atoms with Crippen molar-refractivity contribution in [1.29, 1.82) is 0 Å². The van der Waals surface area contributed by atoms with Crippen molar-refractivity contribution in [2.24, 2.45) is 0 Å². The molecule has 2 aromatic carbocycles. The first-order chi connectivity index (χ1) is 9.70. The summed E-state index contributed by atoms with van der Waals surface area (Å²) in [4.78, 5) is 5.67. The van der Waals surface area contributed by atoms with Crippen LogP contribution in [-0.4, -0.2) is 12.0 Å². The first-order valence-electron chi connectivity index (χ1n) is 6.51. The average Bonchev–Trinajstić information content (AvgIpc) is 2.97. The topological polar surface area (TPSA) is 24.9 Å². The second-order valence-electron chi connectivity index (χ2n) is 4.72. The summed E-state index contributed by atoms with van der Waals surface area (Å²) < 4.78 is 13.8. The Labute approximate surface area is 121 Å². The Kier molecular flexibility index (Phi) is 3.51. The molecule has 20 heavy (non-hydrogen) atoms. The molecule has 1 unspecified atom stereocenters. The van der Waals surface area contributed by atoms with Gasteiger partial charge < -0.3 is 5.32 Å². The maximum atomic E-state index is 13.8. The van der Waals surface area contributed by atoms with Gasteiger partial charge in [0.1, 0.15) is 10.8 Å². The Morgan fingerprint density at radius 3 is 2.65 bits per heavy atom. The van der Waals surface area contributed by atoms with E-state index in [1.54, 1.807) is 17.4 Å². The van der Waals surface area contributed by atoms with Crippen LogP contribution >= 0.6 is 11.3 Å². The van der Waals surface area contributed by atoms with Gasteiger partial charge in [-0.2, -0.15) is 0 Å². The highest BCUT2D eigenvalue weighted by Crippen LogP contribution is 2.34. The molecular weight excluding hydrogens is 271 g/mol. The minimum Gasteiger partial charge on any atom is -0.312 e. The van der Waals surface area contributed by atoms with Gasteiger partial charge in [0.2, 0.25) is 0 Å². The van der Waals surface area contributed by atoms with E-state index in [0.29, 0.717) is 5.39 Å². The van der Waals surface area contributed by atoms with Crippen molar-refractivity contribution in [2.75, 3.05) is 7.05 Å². The number of nitrogens with zero attached hydrogens (tertiary/aromatic N) is 1. The molecule has 0 radical (unpaired) electrons. The minimum absolute atomic E-state index is 0.190. The van der Waals surface area contributed by atoms with Crippen LogP contribution in [0.15, 0.2) is 42.6 Å². The van der Waals surface area contributed by atoms with Gasteiger partial charge in [0.05, 0.1) is 0 Å². The molecule has 0 saturated heterocycles. The van der Waals surface area contributed by atoms with Crippen molar-refractivity contribution in [3.63, 3.8) is 0 Å². The predicted octanol–water partition coefficient (Wildman–Crippen LogP) is 4.38. The second kappa shape index (κ2) is 5.31. The van der Waals surface area contributed by atoms with Gasteiger partial charge >= 0.3 is 0 Å². The van der Waals surface area contributed by atoms with Crippen LogP contribution in [0, 0.1) is 5.82 Å². The zero-order valence-electron chi connectivity index (χ0n) is 11.4. The van der Waals surface area contributed by atoms with E-state index in [9.17, 15) is 4.39 Å². The maximum absolute atomic E-state index is 13.8. The third-order valence-electron chi connectivity index (χ3n) is 3.48. The molecule has 1 atom stereocenters. The van der Waals surface area contributed by atoms with Crippen molar-refractivity contribution in [1.82, 2.24) is 10.3 Å². The van der Waals surface area contributed by atoms with E-state index in [-0.39, 0.29) is 11.9 Å². The normalized spacial score (nSPS) is 12.8. The second-order valence-corrected chi connectivity index (χ2v) is 5.78. The SMILES string of the molecule is CNC(C)c1cnc(-c2ccc(F)c3ccccc23)s1. The first kappa shape index (κ1) is 13.2. The molecule has 3 rings (SSSR count). The lowest BCUT2D eigenvalue weighted by Gasteiger charge is -2.06. The Bertz CT molecular complexity index is 751. The van der Waals surface area contributed by atoms with E-state index in [2.05, 4.69) is 17.2 Å². The highest BCUT2D eigenvalue weighted by atomic mass is 32.1. The molecule has 4 heteroatoms. The Hall–Kier alpha value is -1.78. The monoisotopic (exact) mass is 286 g/mol. The zero-order chi connectivity index (χ0) is 14.1. The molecule has 0 aliphatic rings. The highest BCUT2D eigenvalue weighted by Gasteiger charge is 2.13. The molecule has 102 valence electrons. The lowest BCUT2D eigenvalue weighted by Crippen LogP contribution is -2.10. The van der Waals surface area contributed by atoms with E-state index in [1.165, 1.54) is 10.9 Å². The van der Waals surface area contributed by atoms with Gasteiger partial charge in [-0.25, -0.2) is 9.37 Å². The van der Waals surface area contributed by atoms with Gasteiger partial charge in [-0.3, -0.25) is 0 Å². The lowest BCUT2D eigenvalue weighted by atomic mass is 10.0. The van der Waals surface area contributed by atoms with E-state index in [4.69, 9.17) is 0 Å². The number of aromatic nitrogens is 1. The van der Waals surface area contributed by atoms with Crippen LogP contribution in [0.2, 0.25) is 0 Å². The Morgan fingerprint density at radius 1 is 1.15 bits per heavy atom. The summed E-state index contributed by atoms with van der Waals surface area (Å²) in [7, 11) is 1.93. The van der Waals surface area contributed by atoms with E-state index in [0.717, 1.165) is 16.0 Å². The number of hydrogen-bond donors (Lipinski definition) is 1. The molecule has 0 aliphatic heterocycles. The van der Waals surface area contributed by atoms with Crippen molar-refractivity contribution in [3.8, 4) is 10.6 Å². The van der Waals surface area contributed by atoms with Gasteiger partial charge in [0.15, 0.2) is 0 Å². The van der Waals surface area contributed by atoms with E-state index < -0.39 is 0 Å². The summed E-state index contributed by atoms with van der Waals surface area (Å²) in [5.41, 5.74) is 0.988. The smallest absolute Gasteiger partial charge is 0.131 e. The summed E-state index contributed by atoms with van der Waals surface area (Å²) in [6.07, 6.45) is 1.89. The van der Waals surface area contributed by atoms with E-state index >= 15 is 0 Å². The molecule has 0 bridgehead atoms. The van der Waals surface area contributed by atoms with Crippen molar-refractivity contribution < 1.29 is 4.39 Å². The summed E-state index contributed by atoms with van der Waals surface area (Å²) in [5, 5.41) is 5.68. The van der Waals surface area contributed by atoms with Crippen molar-refractivity contribution in [2.45, 2.75) is 13.0 Å².